The quantitative estimate of drug-likeness (QED) is 0.645. The molecule has 2 N–H and O–H groups in total. The van der Waals surface area contributed by atoms with Crippen molar-refractivity contribution in [2.75, 3.05) is 26.2 Å². The Hall–Kier alpha value is -3.02. The van der Waals surface area contributed by atoms with Gasteiger partial charge in [0.15, 0.2) is 11.6 Å². The molecule has 0 saturated carbocycles. The van der Waals surface area contributed by atoms with E-state index >= 15 is 0 Å². The molecule has 2 aliphatic heterocycles. The average Bonchev–Trinajstić information content (AvgIpc) is 3.21. The third-order valence-corrected chi connectivity index (χ3v) is 6.66. The third kappa shape index (κ3) is 3.94. The Labute approximate surface area is 190 Å². The Kier molecular flexibility index (Phi) is 5.77. The summed E-state index contributed by atoms with van der Waals surface area (Å²) in [5, 5.41) is 15.9. The molecule has 1 aromatic heterocycles. The molecule has 0 atom stereocenters. The molecule has 5 rings (SSSR count). The van der Waals surface area contributed by atoms with E-state index in [1.54, 1.807) is 0 Å². The molecule has 0 fully saturated rings. The van der Waals surface area contributed by atoms with Crippen LogP contribution < -0.4 is 10.6 Å². The molecule has 5 nitrogen and oxygen atoms in total. The molecule has 0 amide bonds. The Morgan fingerprint density at radius 1 is 0.719 bits per heavy atom. The minimum Gasteiger partial charge on any atom is -0.313 e. The van der Waals surface area contributed by atoms with Crippen LogP contribution in [0, 0.1) is 13.8 Å². The number of benzene rings is 2. The fourth-order valence-corrected chi connectivity index (χ4v) is 4.89. The lowest BCUT2D eigenvalue weighted by atomic mass is 9.94. The first-order valence-electron chi connectivity index (χ1n) is 11.5. The molecule has 3 heterocycles. The monoisotopic (exact) mass is 425 g/mol. The highest BCUT2D eigenvalue weighted by Crippen LogP contribution is 2.31. The second-order valence-corrected chi connectivity index (χ2v) is 8.83. The maximum Gasteiger partial charge on any atom is 0.163 e. The molecule has 0 unspecified atom stereocenters. The van der Waals surface area contributed by atoms with Crippen LogP contribution in [0.1, 0.15) is 35.1 Å². The Morgan fingerprint density at radius 2 is 1.19 bits per heavy atom. The van der Waals surface area contributed by atoms with Crippen molar-refractivity contribution in [3.8, 4) is 22.8 Å². The van der Waals surface area contributed by atoms with Crippen LogP contribution in [0.3, 0.4) is 0 Å². The van der Waals surface area contributed by atoms with Crippen LogP contribution in [0.5, 0.6) is 0 Å². The van der Waals surface area contributed by atoms with Crippen LogP contribution in [0.25, 0.3) is 33.9 Å². The number of hydrogen-bond donors (Lipinski definition) is 2. The summed E-state index contributed by atoms with van der Waals surface area (Å²) in [5.41, 5.74) is 10.3. The Balaban J connectivity index is 1.45. The molecule has 0 bridgehead atoms. The zero-order valence-corrected chi connectivity index (χ0v) is 19.2. The van der Waals surface area contributed by atoms with Gasteiger partial charge in [0.2, 0.25) is 0 Å². The second kappa shape index (κ2) is 8.85. The van der Waals surface area contributed by atoms with Gasteiger partial charge in [-0.2, -0.15) is 0 Å². The summed E-state index contributed by atoms with van der Waals surface area (Å²) in [5.74, 6) is 1.80. The van der Waals surface area contributed by atoms with E-state index in [9.17, 15) is 0 Å². The van der Waals surface area contributed by atoms with Gasteiger partial charge in [0.1, 0.15) is 0 Å². The van der Waals surface area contributed by atoms with Crippen LogP contribution in [-0.2, 0) is 7.05 Å². The van der Waals surface area contributed by atoms with Gasteiger partial charge in [0.25, 0.3) is 0 Å². The normalized spacial score (nSPS) is 16.6. The van der Waals surface area contributed by atoms with Gasteiger partial charge < -0.3 is 15.2 Å². The molecule has 0 aliphatic carbocycles. The van der Waals surface area contributed by atoms with Crippen molar-refractivity contribution in [1.29, 1.82) is 0 Å². The molecule has 32 heavy (non-hydrogen) atoms. The van der Waals surface area contributed by atoms with Gasteiger partial charge in [0, 0.05) is 31.3 Å². The molecule has 0 saturated heterocycles. The maximum absolute atomic E-state index is 4.56. The predicted octanol–water partition coefficient (Wildman–Crippen LogP) is 4.52. The zero-order valence-electron chi connectivity index (χ0n) is 19.2. The molecular formula is C27H31N5. The molecular weight excluding hydrogens is 394 g/mol. The largest absolute Gasteiger partial charge is 0.313 e. The fourth-order valence-electron chi connectivity index (χ4n) is 4.89. The molecule has 5 heteroatoms. The van der Waals surface area contributed by atoms with Crippen LogP contribution in [0.2, 0.25) is 0 Å². The molecule has 2 aromatic carbocycles. The van der Waals surface area contributed by atoms with E-state index in [1.165, 1.54) is 33.4 Å². The summed E-state index contributed by atoms with van der Waals surface area (Å²) >= 11 is 0. The highest BCUT2D eigenvalue weighted by Gasteiger charge is 2.16. The predicted molar refractivity (Wildman–Crippen MR) is 132 cm³/mol. The standard InChI is InChI=1S/C27H31N5/c1-18-16-22(4-6-24(18)20-8-12-28-13-9-20)26-30-31-27(32(26)3)23-5-7-25(19(2)17-23)21-10-14-29-15-11-21/h4-8,10,16-17,28-29H,9,11-15H2,1-3H3. The summed E-state index contributed by atoms with van der Waals surface area (Å²) in [6.45, 7) is 8.39. The maximum atomic E-state index is 4.56. The van der Waals surface area contributed by atoms with E-state index < -0.39 is 0 Å². The third-order valence-electron chi connectivity index (χ3n) is 6.66. The first-order chi connectivity index (χ1) is 15.6. The van der Waals surface area contributed by atoms with Gasteiger partial charge in [-0.25, -0.2) is 0 Å². The molecule has 3 aromatic rings. The molecule has 0 spiro atoms. The lowest BCUT2D eigenvalue weighted by Crippen LogP contribution is -2.20. The first kappa shape index (κ1) is 20.9. The van der Waals surface area contributed by atoms with Crippen molar-refractivity contribution in [3.05, 3.63) is 70.8 Å². The van der Waals surface area contributed by atoms with E-state index in [2.05, 4.69) is 94.8 Å². The van der Waals surface area contributed by atoms with E-state index in [0.29, 0.717) is 0 Å². The zero-order chi connectivity index (χ0) is 22.1. The van der Waals surface area contributed by atoms with Crippen LogP contribution in [-0.4, -0.2) is 40.9 Å². The molecule has 0 radical (unpaired) electrons. The number of hydrogen-bond acceptors (Lipinski definition) is 4. The van der Waals surface area contributed by atoms with Crippen molar-refractivity contribution >= 4 is 11.1 Å². The van der Waals surface area contributed by atoms with Crippen molar-refractivity contribution in [1.82, 2.24) is 25.4 Å². The van der Waals surface area contributed by atoms with Gasteiger partial charge in [0.05, 0.1) is 0 Å². The Morgan fingerprint density at radius 3 is 1.56 bits per heavy atom. The fraction of sp³-hybridized carbons (Fsp3) is 0.333. The average molecular weight is 426 g/mol. The van der Waals surface area contributed by atoms with Gasteiger partial charge in [-0.05, 0) is 85.3 Å². The molecule has 2 aliphatic rings. The Bertz CT molecular complexity index is 1120. The smallest absolute Gasteiger partial charge is 0.163 e. The summed E-state index contributed by atoms with van der Waals surface area (Å²) in [7, 11) is 2.06. The van der Waals surface area contributed by atoms with E-state index in [-0.39, 0.29) is 0 Å². The highest BCUT2D eigenvalue weighted by molar-refractivity contribution is 5.74. The lowest BCUT2D eigenvalue weighted by Gasteiger charge is -2.17. The number of rotatable bonds is 4. The van der Waals surface area contributed by atoms with E-state index in [1.807, 2.05) is 0 Å². The minimum atomic E-state index is 0.900. The van der Waals surface area contributed by atoms with Gasteiger partial charge in [-0.1, -0.05) is 36.4 Å². The van der Waals surface area contributed by atoms with Crippen molar-refractivity contribution in [3.63, 3.8) is 0 Å². The van der Waals surface area contributed by atoms with Crippen LogP contribution >= 0.6 is 0 Å². The number of nitrogens with zero attached hydrogens (tertiary/aromatic N) is 3. The summed E-state index contributed by atoms with van der Waals surface area (Å²) in [6.07, 6.45) is 6.77. The number of aryl methyl sites for hydroxylation is 2. The van der Waals surface area contributed by atoms with Gasteiger partial charge in [-0.15, -0.1) is 10.2 Å². The first-order valence-corrected chi connectivity index (χ1v) is 11.5. The number of nitrogens with one attached hydrogen (secondary N) is 2. The van der Waals surface area contributed by atoms with Crippen molar-refractivity contribution in [2.45, 2.75) is 26.7 Å². The SMILES string of the molecule is Cc1cc(-c2nnc(-c3ccc(C4=CCNCC4)c(C)c3)n2C)ccc1C1=CCNCC1. The highest BCUT2D eigenvalue weighted by atomic mass is 15.3. The van der Waals surface area contributed by atoms with E-state index in [4.69, 9.17) is 0 Å². The van der Waals surface area contributed by atoms with Crippen LogP contribution in [0.4, 0.5) is 0 Å². The lowest BCUT2D eigenvalue weighted by molar-refractivity contribution is 0.738. The van der Waals surface area contributed by atoms with Gasteiger partial charge in [-0.3, -0.25) is 0 Å². The van der Waals surface area contributed by atoms with Gasteiger partial charge >= 0.3 is 0 Å². The number of aromatic nitrogens is 3. The van der Waals surface area contributed by atoms with E-state index in [0.717, 1.165) is 61.8 Å². The second-order valence-electron chi connectivity index (χ2n) is 8.83. The van der Waals surface area contributed by atoms with Crippen LogP contribution in [0.15, 0.2) is 48.6 Å². The summed E-state index contributed by atoms with van der Waals surface area (Å²) < 4.78 is 2.11. The minimum absolute atomic E-state index is 0.900. The van der Waals surface area contributed by atoms with Crippen molar-refractivity contribution < 1.29 is 0 Å². The van der Waals surface area contributed by atoms with Crippen molar-refractivity contribution in [2.24, 2.45) is 7.05 Å². The molecule has 164 valence electrons. The topological polar surface area (TPSA) is 54.8 Å². The summed E-state index contributed by atoms with van der Waals surface area (Å²) in [4.78, 5) is 0. The summed E-state index contributed by atoms with van der Waals surface area (Å²) in [6, 6.07) is 13.3.